The van der Waals surface area contributed by atoms with Crippen molar-refractivity contribution in [1.82, 2.24) is 5.32 Å². The third-order valence-corrected chi connectivity index (χ3v) is 7.49. The van der Waals surface area contributed by atoms with Crippen molar-refractivity contribution in [3.63, 3.8) is 0 Å². The Balaban J connectivity index is 1.84. The van der Waals surface area contributed by atoms with Crippen LogP contribution in [0, 0.1) is 0 Å². The monoisotopic (exact) mass is 385 g/mol. The van der Waals surface area contributed by atoms with Crippen LogP contribution in [0.4, 0.5) is 0 Å². The van der Waals surface area contributed by atoms with Gasteiger partial charge in [-0.3, -0.25) is 4.79 Å². The van der Waals surface area contributed by atoms with E-state index in [1.807, 2.05) is 6.92 Å². The van der Waals surface area contributed by atoms with Crippen molar-refractivity contribution in [2.24, 2.45) is 0 Å². The number of sulfone groups is 1. The molecule has 27 heavy (non-hydrogen) atoms. The van der Waals surface area contributed by atoms with Crippen LogP contribution in [0.3, 0.4) is 0 Å². The second kappa shape index (κ2) is 7.85. The van der Waals surface area contributed by atoms with E-state index in [1.54, 1.807) is 32.0 Å². The standard InChI is InChI=1S/C22H27NO3S/c1-15(2)27(25,26)21-11-7-6-10-20(21)22(24)23-16(3)18-13-12-17-8-4-5-9-19(17)14-18/h6-7,10-16H,4-5,8-9H2,1-3H3,(H,23,24). The number of carbonyl (C=O) groups is 1. The van der Waals surface area contributed by atoms with E-state index in [-0.39, 0.29) is 22.4 Å². The lowest BCUT2D eigenvalue weighted by molar-refractivity contribution is 0.0936. The minimum absolute atomic E-state index is 0.0927. The summed E-state index contributed by atoms with van der Waals surface area (Å²) in [5, 5.41) is 2.39. The molecular weight excluding hydrogens is 358 g/mol. The van der Waals surface area contributed by atoms with Gasteiger partial charge in [-0.25, -0.2) is 8.42 Å². The average molecular weight is 386 g/mol. The lowest BCUT2D eigenvalue weighted by Gasteiger charge is -2.20. The predicted molar refractivity (Wildman–Crippen MR) is 108 cm³/mol. The fourth-order valence-electron chi connectivity index (χ4n) is 3.54. The molecule has 144 valence electrons. The van der Waals surface area contributed by atoms with Gasteiger partial charge in [0.25, 0.3) is 5.91 Å². The van der Waals surface area contributed by atoms with Crippen molar-refractivity contribution >= 4 is 15.7 Å². The summed E-state index contributed by atoms with van der Waals surface area (Å²) >= 11 is 0. The minimum Gasteiger partial charge on any atom is -0.345 e. The first-order chi connectivity index (χ1) is 12.8. The normalized spacial score (nSPS) is 15.3. The van der Waals surface area contributed by atoms with E-state index in [0.717, 1.165) is 18.4 Å². The lowest BCUT2D eigenvalue weighted by Crippen LogP contribution is -2.29. The average Bonchev–Trinajstić information content (AvgIpc) is 2.67. The zero-order valence-electron chi connectivity index (χ0n) is 16.2. The number of fused-ring (bicyclic) bond motifs is 1. The van der Waals surface area contributed by atoms with Crippen molar-refractivity contribution in [3.05, 3.63) is 64.7 Å². The van der Waals surface area contributed by atoms with Gasteiger partial charge in [0.2, 0.25) is 0 Å². The summed E-state index contributed by atoms with van der Waals surface area (Å²) in [5.41, 5.74) is 4.02. The number of hydrogen-bond donors (Lipinski definition) is 1. The van der Waals surface area contributed by atoms with Crippen LogP contribution < -0.4 is 5.32 Å². The summed E-state index contributed by atoms with van der Waals surface area (Å²) in [6.45, 7) is 5.18. The van der Waals surface area contributed by atoms with Crippen LogP contribution in [0.2, 0.25) is 0 Å². The van der Waals surface area contributed by atoms with Crippen molar-refractivity contribution in [2.75, 3.05) is 0 Å². The largest absolute Gasteiger partial charge is 0.345 e. The van der Waals surface area contributed by atoms with Crippen molar-refractivity contribution < 1.29 is 13.2 Å². The minimum atomic E-state index is -3.53. The molecule has 2 aromatic carbocycles. The molecule has 1 aliphatic rings. The van der Waals surface area contributed by atoms with Crippen molar-refractivity contribution in [2.45, 2.75) is 62.6 Å². The molecule has 0 fully saturated rings. The number of aryl methyl sites for hydroxylation is 2. The Kier molecular flexibility index (Phi) is 5.70. The van der Waals surface area contributed by atoms with Gasteiger partial charge in [-0.15, -0.1) is 0 Å². The molecule has 3 rings (SSSR count). The number of benzene rings is 2. The summed E-state index contributed by atoms with van der Waals surface area (Å²) in [5.74, 6) is -0.361. The van der Waals surface area contributed by atoms with Gasteiger partial charge in [0, 0.05) is 0 Å². The molecule has 1 amide bonds. The first kappa shape index (κ1) is 19.6. The molecular formula is C22H27NO3S. The fourth-order valence-corrected chi connectivity index (χ4v) is 4.78. The van der Waals surface area contributed by atoms with Gasteiger partial charge in [-0.1, -0.05) is 30.3 Å². The molecule has 0 saturated carbocycles. The molecule has 1 atom stereocenters. The maximum Gasteiger partial charge on any atom is 0.253 e. The predicted octanol–water partition coefficient (Wildman–Crippen LogP) is 4.24. The molecule has 1 unspecified atom stereocenters. The van der Waals surface area contributed by atoms with Crippen LogP contribution in [-0.2, 0) is 22.7 Å². The number of rotatable bonds is 5. The highest BCUT2D eigenvalue weighted by Gasteiger charge is 2.26. The van der Waals surface area contributed by atoms with Crippen LogP contribution >= 0.6 is 0 Å². The SMILES string of the molecule is CC(NC(=O)c1ccccc1S(=O)(=O)C(C)C)c1ccc2c(c1)CCCC2. The molecule has 0 aliphatic heterocycles. The number of carbonyl (C=O) groups excluding carboxylic acids is 1. The van der Waals surface area contributed by atoms with Crippen molar-refractivity contribution in [3.8, 4) is 0 Å². The first-order valence-corrected chi connectivity index (χ1v) is 11.1. The molecule has 2 aromatic rings. The van der Waals surface area contributed by atoms with Gasteiger partial charge in [-0.2, -0.15) is 0 Å². The molecule has 1 aliphatic carbocycles. The van der Waals surface area contributed by atoms with Gasteiger partial charge < -0.3 is 5.32 Å². The molecule has 5 heteroatoms. The van der Waals surface area contributed by atoms with Crippen LogP contribution in [0.15, 0.2) is 47.4 Å². The van der Waals surface area contributed by atoms with Crippen LogP contribution in [0.25, 0.3) is 0 Å². The van der Waals surface area contributed by atoms with E-state index in [9.17, 15) is 13.2 Å². The number of amides is 1. The summed E-state index contributed by atoms with van der Waals surface area (Å²) in [7, 11) is -3.53. The quantitative estimate of drug-likeness (QED) is 0.837. The molecule has 4 nitrogen and oxygen atoms in total. The lowest BCUT2D eigenvalue weighted by atomic mass is 9.89. The van der Waals surface area contributed by atoms with Gasteiger partial charge in [-0.05, 0) is 75.3 Å². The molecule has 0 bridgehead atoms. The summed E-state index contributed by atoms with van der Waals surface area (Å²) in [6.07, 6.45) is 4.65. The molecule has 0 aromatic heterocycles. The Hall–Kier alpha value is -2.14. The first-order valence-electron chi connectivity index (χ1n) is 9.56. The second-order valence-electron chi connectivity index (χ2n) is 7.52. The molecule has 0 saturated heterocycles. The Labute approximate surface area is 161 Å². The molecule has 0 radical (unpaired) electrons. The highest BCUT2D eigenvalue weighted by molar-refractivity contribution is 7.92. The third-order valence-electron chi connectivity index (χ3n) is 5.28. The smallest absolute Gasteiger partial charge is 0.253 e. The van der Waals surface area contributed by atoms with Crippen molar-refractivity contribution in [1.29, 1.82) is 0 Å². The molecule has 1 N–H and O–H groups in total. The van der Waals surface area contributed by atoms with Gasteiger partial charge in [0.1, 0.15) is 0 Å². The summed E-state index contributed by atoms with van der Waals surface area (Å²) < 4.78 is 25.2. The van der Waals surface area contributed by atoms with E-state index < -0.39 is 15.1 Å². The Morgan fingerprint density at radius 2 is 1.63 bits per heavy atom. The van der Waals surface area contributed by atoms with Gasteiger partial charge in [0.15, 0.2) is 9.84 Å². The van der Waals surface area contributed by atoms with E-state index in [2.05, 4.69) is 23.5 Å². The van der Waals surface area contributed by atoms with E-state index in [4.69, 9.17) is 0 Å². The second-order valence-corrected chi connectivity index (χ2v) is 9.99. The Morgan fingerprint density at radius 1 is 0.963 bits per heavy atom. The van der Waals surface area contributed by atoms with Crippen LogP contribution in [0.1, 0.15) is 66.7 Å². The number of nitrogens with one attached hydrogen (secondary N) is 1. The van der Waals surface area contributed by atoms with Crippen LogP contribution in [-0.4, -0.2) is 19.6 Å². The summed E-state index contributed by atoms with van der Waals surface area (Å²) in [6, 6.07) is 12.6. The highest BCUT2D eigenvalue weighted by atomic mass is 32.2. The van der Waals surface area contributed by atoms with Gasteiger partial charge >= 0.3 is 0 Å². The van der Waals surface area contributed by atoms with E-state index in [1.165, 1.54) is 30.0 Å². The topological polar surface area (TPSA) is 63.2 Å². The molecule has 0 heterocycles. The highest BCUT2D eigenvalue weighted by Crippen LogP contribution is 2.26. The molecule has 0 spiro atoms. The third kappa shape index (κ3) is 4.08. The van der Waals surface area contributed by atoms with E-state index in [0.29, 0.717) is 0 Å². The fraction of sp³-hybridized carbons (Fsp3) is 0.409. The van der Waals surface area contributed by atoms with Gasteiger partial charge in [0.05, 0.1) is 21.8 Å². The Morgan fingerprint density at radius 3 is 2.33 bits per heavy atom. The zero-order chi connectivity index (χ0) is 19.6. The summed E-state index contributed by atoms with van der Waals surface area (Å²) in [4.78, 5) is 12.9. The zero-order valence-corrected chi connectivity index (χ0v) is 17.0. The maximum atomic E-state index is 12.8. The maximum absolute atomic E-state index is 12.8. The van der Waals surface area contributed by atoms with Crippen LogP contribution in [0.5, 0.6) is 0 Å². The Bertz CT molecular complexity index is 948. The number of hydrogen-bond acceptors (Lipinski definition) is 3. The van der Waals surface area contributed by atoms with E-state index >= 15 is 0 Å².